The molecule has 0 fully saturated rings. The molecule has 0 saturated carbocycles. The smallest absolute Gasteiger partial charge is 0.154 e. The van der Waals surface area contributed by atoms with Crippen molar-refractivity contribution in [2.75, 3.05) is 12.4 Å². The summed E-state index contributed by atoms with van der Waals surface area (Å²) in [4.78, 5) is 7.57. The van der Waals surface area contributed by atoms with Gasteiger partial charge in [0.05, 0.1) is 12.0 Å². The predicted octanol–water partition coefficient (Wildman–Crippen LogP) is 2.46. The molecule has 0 aliphatic heterocycles. The molecule has 0 aliphatic rings. The van der Waals surface area contributed by atoms with Crippen molar-refractivity contribution in [3.8, 4) is 0 Å². The van der Waals surface area contributed by atoms with E-state index < -0.39 is 0 Å². The maximum absolute atomic E-state index is 5.75. The number of hydrogen-bond donors (Lipinski definition) is 1. The molecule has 0 aromatic carbocycles. The third-order valence-corrected chi connectivity index (χ3v) is 1.66. The average molecular weight is 204 g/mol. The Balaban J connectivity index is 2.86. The van der Waals surface area contributed by atoms with Crippen molar-refractivity contribution in [1.82, 2.24) is 4.98 Å². The second-order valence-electron chi connectivity index (χ2n) is 2.00. The number of halogens is 2. The fourth-order valence-corrected chi connectivity index (χ4v) is 1.05. The van der Waals surface area contributed by atoms with E-state index in [2.05, 4.69) is 15.3 Å². The van der Waals surface area contributed by atoms with E-state index in [0.29, 0.717) is 16.0 Å². The third-order valence-electron chi connectivity index (χ3n) is 1.16. The normalized spacial score (nSPS) is 10.6. The number of anilines is 1. The Morgan fingerprint density at radius 3 is 2.83 bits per heavy atom. The van der Waals surface area contributed by atoms with E-state index in [1.165, 1.54) is 6.34 Å². The summed E-state index contributed by atoms with van der Waals surface area (Å²) in [7, 11) is 1.66. The highest BCUT2D eigenvalue weighted by Crippen LogP contribution is 2.20. The van der Waals surface area contributed by atoms with Crippen LogP contribution in [-0.4, -0.2) is 18.4 Å². The van der Waals surface area contributed by atoms with Gasteiger partial charge in [0.1, 0.15) is 5.15 Å². The lowest BCUT2D eigenvalue weighted by molar-refractivity contribution is 1.32. The van der Waals surface area contributed by atoms with Gasteiger partial charge in [0.15, 0.2) is 5.15 Å². The van der Waals surface area contributed by atoms with Crippen molar-refractivity contribution in [3.63, 3.8) is 0 Å². The van der Waals surface area contributed by atoms with E-state index in [0.717, 1.165) is 0 Å². The van der Waals surface area contributed by atoms with E-state index in [9.17, 15) is 0 Å². The standard InChI is InChI=1S/C7H7Cl2N3/c1-10-4-11-5-2-3-6(8)12-7(5)9/h2-4H,1H3,(H,10,11). The molecular formula is C7H7Cl2N3. The van der Waals surface area contributed by atoms with E-state index in [4.69, 9.17) is 23.2 Å². The average Bonchev–Trinajstić information content (AvgIpc) is 2.03. The largest absolute Gasteiger partial charge is 0.344 e. The minimum Gasteiger partial charge on any atom is -0.344 e. The Bertz CT molecular complexity index is 299. The maximum atomic E-state index is 5.75. The molecule has 1 rings (SSSR count). The third kappa shape index (κ3) is 2.36. The highest BCUT2D eigenvalue weighted by Gasteiger charge is 1.99. The summed E-state index contributed by atoms with van der Waals surface area (Å²) in [6, 6.07) is 3.39. The van der Waals surface area contributed by atoms with Gasteiger partial charge < -0.3 is 5.32 Å². The van der Waals surface area contributed by atoms with Gasteiger partial charge >= 0.3 is 0 Å². The number of pyridine rings is 1. The number of nitrogens with one attached hydrogen (secondary N) is 1. The lowest BCUT2D eigenvalue weighted by atomic mass is 10.4. The zero-order chi connectivity index (χ0) is 8.97. The molecule has 0 radical (unpaired) electrons. The van der Waals surface area contributed by atoms with Gasteiger partial charge in [-0.05, 0) is 12.1 Å². The maximum Gasteiger partial charge on any atom is 0.154 e. The molecular weight excluding hydrogens is 197 g/mol. The molecule has 0 amide bonds. The molecule has 0 bridgehead atoms. The molecule has 0 aliphatic carbocycles. The second-order valence-corrected chi connectivity index (χ2v) is 2.75. The highest BCUT2D eigenvalue weighted by molar-refractivity contribution is 6.34. The molecule has 1 N–H and O–H groups in total. The van der Waals surface area contributed by atoms with Crippen LogP contribution in [0.15, 0.2) is 17.1 Å². The van der Waals surface area contributed by atoms with Gasteiger partial charge in [-0.2, -0.15) is 0 Å². The van der Waals surface area contributed by atoms with Crippen LogP contribution in [0, 0.1) is 0 Å². The summed E-state index contributed by atoms with van der Waals surface area (Å²) >= 11 is 11.3. The van der Waals surface area contributed by atoms with Crippen LogP contribution in [0.5, 0.6) is 0 Å². The molecule has 0 spiro atoms. The minimum absolute atomic E-state index is 0.336. The summed E-state index contributed by atoms with van der Waals surface area (Å²) in [5, 5.41) is 3.55. The Hall–Kier alpha value is -0.800. The first-order valence-electron chi connectivity index (χ1n) is 3.23. The quantitative estimate of drug-likeness (QED) is 0.456. The van der Waals surface area contributed by atoms with Crippen LogP contribution in [0.4, 0.5) is 5.69 Å². The van der Waals surface area contributed by atoms with E-state index in [1.54, 1.807) is 19.2 Å². The van der Waals surface area contributed by atoms with Crippen LogP contribution in [0.1, 0.15) is 0 Å². The van der Waals surface area contributed by atoms with Gasteiger partial charge in [0.2, 0.25) is 0 Å². The van der Waals surface area contributed by atoms with Crippen molar-refractivity contribution < 1.29 is 0 Å². The van der Waals surface area contributed by atoms with Gasteiger partial charge in [0.25, 0.3) is 0 Å². The van der Waals surface area contributed by atoms with Crippen LogP contribution in [0.25, 0.3) is 0 Å². The zero-order valence-electron chi connectivity index (χ0n) is 6.38. The molecule has 64 valence electrons. The van der Waals surface area contributed by atoms with Crippen LogP contribution in [0.2, 0.25) is 10.3 Å². The van der Waals surface area contributed by atoms with E-state index in [1.807, 2.05) is 0 Å². The molecule has 1 heterocycles. The zero-order valence-corrected chi connectivity index (χ0v) is 7.89. The molecule has 3 nitrogen and oxygen atoms in total. The van der Waals surface area contributed by atoms with Crippen molar-refractivity contribution in [2.24, 2.45) is 4.99 Å². The van der Waals surface area contributed by atoms with Crippen LogP contribution in [-0.2, 0) is 0 Å². The second kappa shape index (κ2) is 4.28. The summed E-state index contributed by atoms with van der Waals surface area (Å²) in [6.45, 7) is 0. The van der Waals surface area contributed by atoms with Gasteiger partial charge in [-0.25, -0.2) is 4.98 Å². The lowest BCUT2D eigenvalue weighted by Crippen LogP contribution is -1.96. The first-order valence-corrected chi connectivity index (χ1v) is 3.99. The summed E-state index contributed by atoms with van der Waals surface area (Å²) in [5.41, 5.74) is 0.687. The van der Waals surface area contributed by atoms with E-state index >= 15 is 0 Å². The molecule has 0 atom stereocenters. The minimum atomic E-state index is 0.336. The topological polar surface area (TPSA) is 37.3 Å². The van der Waals surface area contributed by atoms with Crippen LogP contribution < -0.4 is 5.32 Å². The van der Waals surface area contributed by atoms with Crippen LogP contribution in [0.3, 0.4) is 0 Å². The molecule has 0 saturated heterocycles. The van der Waals surface area contributed by atoms with Gasteiger partial charge in [-0.3, -0.25) is 4.99 Å². The highest BCUT2D eigenvalue weighted by atomic mass is 35.5. The monoisotopic (exact) mass is 203 g/mol. The van der Waals surface area contributed by atoms with Crippen molar-refractivity contribution in [3.05, 3.63) is 22.4 Å². The van der Waals surface area contributed by atoms with Crippen molar-refractivity contribution >= 4 is 35.2 Å². The first kappa shape index (κ1) is 9.29. The summed E-state index contributed by atoms with van der Waals surface area (Å²) < 4.78 is 0. The molecule has 5 heteroatoms. The lowest BCUT2D eigenvalue weighted by Gasteiger charge is -2.01. The number of aromatic nitrogens is 1. The predicted molar refractivity (Wildman–Crippen MR) is 52.3 cm³/mol. The number of rotatable bonds is 2. The van der Waals surface area contributed by atoms with Gasteiger partial charge in [-0.15, -0.1) is 0 Å². The van der Waals surface area contributed by atoms with E-state index in [-0.39, 0.29) is 0 Å². The number of aliphatic imine (C=N–C) groups is 1. The molecule has 0 unspecified atom stereocenters. The Labute approximate surface area is 80.4 Å². The van der Waals surface area contributed by atoms with Gasteiger partial charge in [0, 0.05) is 7.05 Å². The number of nitrogens with zero attached hydrogens (tertiary/aromatic N) is 2. The Morgan fingerprint density at radius 2 is 2.25 bits per heavy atom. The SMILES string of the molecule is CN=CNc1ccc(Cl)nc1Cl. The fraction of sp³-hybridized carbons (Fsp3) is 0.143. The first-order chi connectivity index (χ1) is 5.74. The molecule has 1 aromatic heterocycles. The molecule has 12 heavy (non-hydrogen) atoms. The fourth-order valence-electron chi connectivity index (χ4n) is 0.654. The Morgan fingerprint density at radius 1 is 1.50 bits per heavy atom. The summed E-state index contributed by atoms with van der Waals surface area (Å²) in [6.07, 6.45) is 1.52. The molecule has 1 aromatic rings. The number of hydrogen-bond acceptors (Lipinski definition) is 2. The summed E-state index contributed by atoms with van der Waals surface area (Å²) in [5.74, 6) is 0. The Kier molecular flexibility index (Phi) is 3.31. The van der Waals surface area contributed by atoms with Crippen LogP contribution >= 0.6 is 23.2 Å². The van der Waals surface area contributed by atoms with Gasteiger partial charge in [-0.1, -0.05) is 23.2 Å². The van der Waals surface area contributed by atoms with Crippen molar-refractivity contribution in [1.29, 1.82) is 0 Å². The van der Waals surface area contributed by atoms with Crippen molar-refractivity contribution in [2.45, 2.75) is 0 Å².